The van der Waals surface area contributed by atoms with Crippen molar-refractivity contribution in [2.45, 2.75) is 31.6 Å². The lowest BCUT2D eigenvalue weighted by Gasteiger charge is -2.32. The largest absolute Gasteiger partial charge is 0.341 e. The van der Waals surface area contributed by atoms with Crippen molar-refractivity contribution in [3.05, 3.63) is 41.4 Å². The molecule has 2 aliphatic heterocycles. The first-order valence-corrected chi connectivity index (χ1v) is 11.1. The predicted molar refractivity (Wildman–Crippen MR) is 110 cm³/mol. The van der Waals surface area contributed by atoms with Crippen LogP contribution in [-0.2, 0) is 14.4 Å². The number of allylic oxidation sites excluding steroid dienone is 2. The van der Waals surface area contributed by atoms with Crippen LogP contribution < -0.4 is 0 Å². The van der Waals surface area contributed by atoms with Gasteiger partial charge >= 0.3 is 0 Å². The number of thiazole rings is 1. The van der Waals surface area contributed by atoms with Crippen molar-refractivity contribution >= 4 is 39.3 Å². The van der Waals surface area contributed by atoms with Crippen LogP contribution in [0.15, 0.2) is 36.4 Å². The van der Waals surface area contributed by atoms with E-state index in [1.165, 1.54) is 9.60 Å². The van der Waals surface area contributed by atoms with Crippen LogP contribution in [0, 0.1) is 11.8 Å². The Hall–Kier alpha value is -2.54. The van der Waals surface area contributed by atoms with Gasteiger partial charge in [0.15, 0.2) is 0 Å². The van der Waals surface area contributed by atoms with E-state index in [1.54, 1.807) is 16.2 Å². The van der Waals surface area contributed by atoms with Crippen molar-refractivity contribution in [3.8, 4) is 0 Å². The second kappa shape index (κ2) is 7.37. The molecule has 0 spiro atoms. The maximum absolute atomic E-state index is 12.8. The number of piperidine rings is 1. The fourth-order valence-electron chi connectivity index (χ4n) is 4.70. The minimum atomic E-state index is -0.273. The van der Waals surface area contributed by atoms with Crippen LogP contribution >= 0.6 is 11.3 Å². The molecule has 7 heteroatoms. The van der Waals surface area contributed by atoms with Crippen molar-refractivity contribution in [1.82, 2.24) is 14.8 Å². The van der Waals surface area contributed by atoms with Gasteiger partial charge in [0.25, 0.3) is 0 Å². The number of likely N-dealkylation sites (tertiary alicyclic amines) is 2. The van der Waals surface area contributed by atoms with Gasteiger partial charge in [0.05, 0.1) is 27.1 Å². The third kappa shape index (κ3) is 3.27. The summed E-state index contributed by atoms with van der Waals surface area (Å²) >= 11 is 1.73. The Labute approximate surface area is 173 Å². The second-order valence-electron chi connectivity index (χ2n) is 8.09. The minimum absolute atomic E-state index is 0.115. The highest BCUT2D eigenvalue weighted by Gasteiger charge is 2.48. The van der Waals surface area contributed by atoms with Crippen molar-refractivity contribution in [3.63, 3.8) is 0 Å². The zero-order valence-electron chi connectivity index (χ0n) is 16.1. The number of rotatable bonds is 3. The molecule has 1 aromatic heterocycles. The van der Waals surface area contributed by atoms with E-state index in [9.17, 15) is 14.4 Å². The lowest BCUT2D eigenvalue weighted by atomic mass is 9.85. The van der Waals surface area contributed by atoms with Crippen LogP contribution in [0.5, 0.6) is 0 Å². The number of imide groups is 1. The van der Waals surface area contributed by atoms with Gasteiger partial charge in [-0.15, -0.1) is 11.3 Å². The standard InChI is InChI=1S/C22H23N3O3S/c26-19(13-25-21(27)15-5-1-2-6-16(15)22(25)28)24-11-9-14(10-12-24)20-23-17-7-3-4-8-18(17)29-20/h1-4,7-8,14-16H,5-6,9-13H2/t15-,16+. The Morgan fingerprint density at radius 2 is 1.69 bits per heavy atom. The highest BCUT2D eigenvalue weighted by atomic mass is 32.1. The zero-order valence-corrected chi connectivity index (χ0v) is 16.9. The molecule has 3 amide bonds. The Balaban J connectivity index is 1.20. The lowest BCUT2D eigenvalue weighted by Crippen LogP contribution is -2.45. The first-order valence-electron chi connectivity index (χ1n) is 10.3. The van der Waals surface area contributed by atoms with Crippen LogP contribution in [0.1, 0.15) is 36.6 Å². The van der Waals surface area contributed by atoms with Gasteiger partial charge in [-0.3, -0.25) is 19.3 Å². The predicted octanol–water partition coefficient (Wildman–Crippen LogP) is 2.95. The molecule has 2 saturated heterocycles. The number of carbonyl (C=O) groups is 3. The molecule has 0 radical (unpaired) electrons. The van der Waals surface area contributed by atoms with Gasteiger partial charge < -0.3 is 4.90 Å². The van der Waals surface area contributed by atoms with E-state index in [0.717, 1.165) is 23.4 Å². The molecule has 1 aromatic carbocycles. The molecule has 0 saturated carbocycles. The summed E-state index contributed by atoms with van der Waals surface area (Å²) in [6, 6.07) is 8.15. The number of nitrogens with zero attached hydrogens (tertiary/aromatic N) is 3. The third-order valence-corrected chi connectivity index (χ3v) is 7.60. The first kappa shape index (κ1) is 18.5. The number of aromatic nitrogens is 1. The van der Waals surface area contributed by atoms with Gasteiger partial charge in [-0.1, -0.05) is 24.3 Å². The second-order valence-corrected chi connectivity index (χ2v) is 9.16. The normalized spacial score (nSPS) is 25.1. The van der Waals surface area contributed by atoms with Crippen molar-refractivity contribution in [1.29, 1.82) is 0 Å². The highest BCUT2D eigenvalue weighted by Crippen LogP contribution is 2.36. The fourth-order valence-corrected chi connectivity index (χ4v) is 5.84. The molecule has 0 bridgehead atoms. The van der Waals surface area contributed by atoms with E-state index < -0.39 is 0 Å². The molecule has 0 unspecified atom stereocenters. The first-order chi connectivity index (χ1) is 14.1. The topological polar surface area (TPSA) is 70.6 Å². The van der Waals surface area contributed by atoms with Crippen molar-refractivity contribution in [2.75, 3.05) is 19.6 Å². The third-order valence-electron chi connectivity index (χ3n) is 6.40. The average molecular weight is 410 g/mol. The molecule has 1 aliphatic carbocycles. The summed E-state index contributed by atoms with van der Waals surface area (Å²) < 4.78 is 1.20. The number of hydrogen-bond acceptors (Lipinski definition) is 5. The van der Waals surface area contributed by atoms with Gasteiger partial charge in [-0.2, -0.15) is 0 Å². The number of amides is 3. The molecule has 2 fully saturated rings. The quantitative estimate of drug-likeness (QED) is 0.577. The molecular formula is C22H23N3O3S. The Kier molecular flexibility index (Phi) is 4.70. The van der Waals surface area contributed by atoms with E-state index in [4.69, 9.17) is 4.98 Å². The van der Waals surface area contributed by atoms with E-state index in [2.05, 4.69) is 6.07 Å². The van der Waals surface area contributed by atoms with E-state index in [-0.39, 0.29) is 36.1 Å². The molecule has 5 rings (SSSR count). The number of hydrogen-bond donors (Lipinski definition) is 0. The molecule has 29 heavy (non-hydrogen) atoms. The monoisotopic (exact) mass is 409 g/mol. The number of benzene rings is 1. The maximum Gasteiger partial charge on any atom is 0.242 e. The van der Waals surface area contributed by atoms with Crippen LogP contribution in [-0.4, -0.2) is 52.1 Å². The summed E-state index contributed by atoms with van der Waals surface area (Å²) in [4.78, 5) is 45.7. The smallest absolute Gasteiger partial charge is 0.242 e. The van der Waals surface area contributed by atoms with Crippen LogP contribution in [0.2, 0.25) is 0 Å². The van der Waals surface area contributed by atoms with Gasteiger partial charge in [-0.25, -0.2) is 4.98 Å². The zero-order chi connectivity index (χ0) is 20.0. The molecule has 150 valence electrons. The van der Waals surface area contributed by atoms with Gasteiger partial charge in [0.2, 0.25) is 17.7 Å². The van der Waals surface area contributed by atoms with E-state index >= 15 is 0 Å². The maximum atomic E-state index is 12.8. The number of carbonyl (C=O) groups excluding carboxylic acids is 3. The van der Waals surface area contributed by atoms with Crippen LogP contribution in [0.4, 0.5) is 0 Å². The van der Waals surface area contributed by atoms with E-state index in [1.807, 2.05) is 30.4 Å². The molecule has 0 N–H and O–H groups in total. The van der Waals surface area contributed by atoms with Crippen LogP contribution in [0.25, 0.3) is 10.2 Å². The van der Waals surface area contributed by atoms with Crippen LogP contribution in [0.3, 0.4) is 0 Å². The SMILES string of the molecule is O=C(CN1C(=O)[C@H]2CC=CC[C@H]2C1=O)N1CCC(c2nc3ccccc3s2)CC1. The number of para-hydroxylation sites is 1. The van der Waals surface area contributed by atoms with Gasteiger partial charge in [-0.05, 0) is 37.8 Å². The summed E-state index contributed by atoms with van der Waals surface area (Å²) in [7, 11) is 0. The Morgan fingerprint density at radius 1 is 1.03 bits per heavy atom. The van der Waals surface area contributed by atoms with Gasteiger partial charge in [0.1, 0.15) is 6.54 Å². The summed E-state index contributed by atoms with van der Waals surface area (Å²) in [5, 5.41) is 1.14. The average Bonchev–Trinajstić information content (AvgIpc) is 3.29. The fraction of sp³-hybridized carbons (Fsp3) is 0.455. The highest BCUT2D eigenvalue weighted by molar-refractivity contribution is 7.18. The van der Waals surface area contributed by atoms with E-state index in [0.29, 0.717) is 31.8 Å². The van der Waals surface area contributed by atoms with Gasteiger partial charge in [0, 0.05) is 19.0 Å². The molecule has 3 aliphatic rings. The molecular weight excluding hydrogens is 386 g/mol. The van der Waals surface area contributed by atoms with Crippen molar-refractivity contribution in [2.24, 2.45) is 11.8 Å². The van der Waals surface area contributed by atoms with Crippen molar-refractivity contribution < 1.29 is 14.4 Å². The summed E-state index contributed by atoms with van der Waals surface area (Å²) in [5.74, 6) is -0.666. The number of fused-ring (bicyclic) bond motifs is 2. The Morgan fingerprint density at radius 3 is 2.34 bits per heavy atom. The summed E-state index contributed by atoms with van der Waals surface area (Å²) in [6.45, 7) is 1.17. The lowest BCUT2D eigenvalue weighted by molar-refractivity contribution is -0.147. The molecule has 6 nitrogen and oxygen atoms in total. The molecule has 2 aromatic rings. The minimum Gasteiger partial charge on any atom is -0.341 e. The summed E-state index contributed by atoms with van der Waals surface area (Å²) in [5.41, 5.74) is 1.04. The molecule has 2 atom stereocenters. The Bertz CT molecular complexity index is 947. The molecule has 3 heterocycles. The summed E-state index contributed by atoms with van der Waals surface area (Å²) in [6.07, 6.45) is 6.86.